The molecule has 0 amide bonds. The Hall–Kier alpha value is -0.160. The molecule has 1 aliphatic heterocycles. The van der Waals surface area contributed by atoms with Gasteiger partial charge in [0.1, 0.15) is 5.60 Å². The largest absolute Gasteiger partial charge is 0.393 e. The Kier molecular flexibility index (Phi) is 2.84. The predicted molar refractivity (Wildman–Crippen MR) is 38.1 cm³/mol. The molecule has 1 fully saturated rings. The molecule has 11 heavy (non-hydrogen) atoms. The van der Waals surface area contributed by atoms with E-state index in [9.17, 15) is 5.11 Å². The van der Waals surface area contributed by atoms with Gasteiger partial charge in [0.05, 0.1) is 25.9 Å². The van der Waals surface area contributed by atoms with Crippen LogP contribution in [0.25, 0.3) is 0 Å². The molecule has 0 saturated carbocycles. The van der Waals surface area contributed by atoms with E-state index in [0.29, 0.717) is 19.4 Å². The standard InChI is InChI=1S/C7H14O4/c8-4-7(5-9)3-6(10)1-2-11-7/h6,8-10H,1-5H2. The number of aliphatic hydroxyl groups excluding tert-OH is 3. The van der Waals surface area contributed by atoms with Gasteiger partial charge in [-0.25, -0.2) is 0 Å². The van der Waals surface area contributed by atoms with Gasteiger partial charge in [0.2, 0.25) is 0 Å². The highest BCUT2D eigenvalue weighted by molar-refractivity contribution is 4.85. The summed E-state index contributed by atoms with van der Waals surface area (Å²) in [6.07, 6.45) is 0.449. The van der Waals surface area contributed by atoms with Crippen molar-refractivity contribution in [3.05, 3.63) is 0 Å². The van der Waals surface area contributed by atoms with Crippen molar-refractivity contribution in [2.45, 2.75) is 24.5 Å². The maximum atomic E-state index is 9.20. The van der Waals surface area contributed by atoms with Crippen molar-refractivity contribution in [2.75, 3.05) is 19.8 Å². The lowest BCUT2D eigenvalue weighted by molar-refractivity contribution is -0.160. The van der Waals surface area contributed by atoms with E-state index in [1.165, 1.54) is 0 Å². The molecule has 1 rings (SSSR count). The second-order valence-corrected chi connectivity index (χ2v) is 2.99. The van der Waals surface area contributed by atoms with E-state index in [4.69, 9.17) is 14.9 Å². The molecule has 0 aromatic rings. The summed E-state index contributed by atoms with van der Waals surface area (Å²) in [5, 5.41) is 26.9. The Bertz CT molecular complexity index is 122. The van der Waals surface area contributed by atoms with Crippen LogP contribution in [0.2, 0.25) is 0 Å². The number of hydrogen-bond acceptors (Lipinski definition) is 4. The zero-order valence-electron chi connectivity index (χ0n) is 6.36. The highest BCUT2D eigenvalue weighted by Crippen LogP contribution is 2.23. The molecule has 0 bridgehead atoms. The van der Waals surface area contributed by atoms with Gasteiger partial charge in [0.15, 0.2) is 0 Å². The molecule has 1 aliphatic rings. The van der Waals surface area contributed by atoms with Crippen LogP contribution in [-0.4, -0.2) is 46.8 Å². The van der Waals surface area contributed by atoms with E-state index in [1.807, 2.05) is 0 Å². The molecular weight excluding hydrogens is 148 g/mol. The normalized spacial score (nSPS) is 30.3. The molecule has 0 spiro atoms. The van der Waals surface area contributed by atoms with Gasteiger partial charge < -0.3 is 20.1 Å². The molecule has 1 heterocycles. The fourth-order valence-corrected chi connectivity index (χ4v) is 1.27. The van der Waals surface area contributed by atoms with E-state index in [2.05, 4.69) is 0 Å². The second-order valence-electron chi connectivity index (χ2n) is 2.99. The van der Waals surface area contributed by atoms with Crippen LogP contribution in [0.1, 0.15) is 12.8 Å². The first-order valence-corrected chi connectivity index (χ1v) is 3.76. The molecule has 1 unspecified atom stereocenters. The zero-order chi connectivity index (χ0) is 8.32. The highest BCUT2D eigenvalue weighted by atomic mass is 16.5. The van der Waals surface area contributed by atoms with Crippen molar-refractivity contribution >= 4 is 0 Å². The smallest absolute Gasteiger partial charge is 0.116 e. The monoisotopic (exact) mass is 162 g/mol. The van der Waals surface area contributed by atoms with E-state index in [-0.39, 0.29) is 13.2 Å². The van der Waals surface area contributed by atoms with Crippen molar-refractivity contribution in [1.29, 1.82) is 0 Å². The topological polar surface area (TPSA) is 69.9 Å². The van der Waals surface area contributed by atoms with Gasteiger partial charge in [0, 0.05) is 6.42 Å². The number of ether oxygens (including phenoxy) is 1. The van der Waals surface area contributed by atoms with Crippen molar-refractivity contribution in [2.24, 2.45) is 0 Å². The van der Waals surface area contributed by atoms with Gasteiger partial charge in [-0.3, -0.25) is 0 Å². The number of rotatable bonds is 2. The van der Waals surface area contributed by atoms with Crippen LogP contribution >= 0.6 is 0 Å². The van der Waals surface area contributed by atoms with E-state index >= 15 is 0 Å². The molecule has 0 radical (unpaired) electrons. The van der Waals surface area contributed by atoms with Crippen molar-refractivity contribution < 1.29 is 20.1 Å². The minimum absolute atomic E-state index is 0.236. The minimum atomic E-state index is -0.905. The molecule has 4 nitrogen and oxygen atoms in total. The summed E-state index contributed by atoms with van der Waals surface area (Å²) in [7, 11) is 0. The van der Waals surface area contributed by atoms with Crippen LogP contribution in [0, 0.1) is 0 Å². The van der Waals surface area contributed by atoms with Crippen LogP contribution in [-0.2, 0) is 4.74 Å². The van der Waals surface area contributed by atoms with Crippen LogP contribution < -0.4 is 0 Å². The average molecular weight is 162 g/mol. The van der Waals surface area contributed by atoms with Crippen molar-refractivity contribution in [3.8, 4) is 0 Å². The van der Waals surface area contributed by atoms with E-state index in [0.717, 1.165) is 0 Å². The number of hydrogen-bond donors (Lipinski definition) is 3. The Labute approximate surface area is 65.4 Å². The summed E-state index contributed by atoms with van der Waals surface area (Å²) in [4.78, 5) is 0. The lowest BCUT2D eigenvalue weighted by Gasteiger charge is -2.36. The van der Waals surface area contributed by atoms with Gasteiger partial charge in [-0.1, -0.05) is 0 Å². The summed E-state index contributed by atoms with van der Waals surface area (Å²) in [6, 6.07) is 0. The van der Waals surface area contributed by atoms with Gasteiger partial charge in [-0.2, -0.15) is 0 Å². The first kappa shape index (κ1) is 8.93. The zero-order valence-corrected chi connectivity index (χ0v) is 6.36. The molecular formula is C7H14O4. The van der Waals surface area contributed by atoms with Gasteiger partial charge in [-0.15, -0.1) is 0 Å². The predicted octanol–water partition coefficient (Wildman–Crippen LogP) is -1.12. The summed E-state index contributed by atoms with van der Waals surface area (Å²) in [6.45, 7) is -0.0661. The summed E-state index contributed by atoms with van der Waals surface area (Å²) in [5.41, 5.74) is -0.905. The molecule has 66 valence electrons. The Morgan fingerprint density at radius 1 is 1.36 bits per heavy atom. The number of aliphatic hydroxyl groups is 3. The van der Waals surface area contributed by atoms with Crippen LogP contribution in [0.5, 0.6) is 0 Å². The van der Waals surface area contributed by atoms with Crippen LogP contribution in [0.3, 0.4) is 0 Å². The average Bonchev–Trinajstić information content (AvgIpc) is 2.04. The van der Waals surface area contributed by atoms with Gasteiger partial charge in [0.25, 0.3) is 0 Å². The first-order chi connectivity index (χ1) is 5.22. The fraction of sp³-hybridized carbons (Fsp3) is 1.00. The Morgan fingerprint density at radius 2 is 2.00 bits per heavy atom. The Balaban J connectivity index is 2.52. The molecule has 4 heteroatoms. The molecule has 0 aliphatic carbocycles. The van der Waals surface area contributed by atoms with Crippen LogP contribution in [0.4, 0.5) is 0 Å². The third kappa shape index (κ3) is 1.90. The molecule has 0 aromatic heterocycles. The fourth-order valence-electron chi connectivity index (χ4n) is 1.27. The minimum Gasteiger partial charge on any atom is -0.393 e. The first-order valence-electron chi connectivity index (χ1n) is 3.76. The summed E-state index contributed by atoms with van der Waals surface area (Å²) < 4.78 is 5.17. The summed E-state index contributed by atoms with van der Waals surface area (Å²) >= 11 is 0. The van der Waals surface area contributed by atoms with E-state index in [1.54, 1.807) is 0 Å². The maximum Gasteiger partial charge on any atom is 0.116 e. The quantitative estimate of drug-likeness (QED) is 0.481. The Morgan fingerprint density at radius 3 is 2.36 bits per heavy atom. The van der Waals surface area contributed by atoms with Gasteiger partial charge in [-0.05, 0) is 6.42 Å². The molecule has 1 saturated heterocycles. The van der Waals surface area contributed by atoms with Crippen molar-refractivity contribution in [1.82, 2.24) is 0 Å². The molecule has 3 N–H and O–H groups in total. The SMILES string of the molecule is OCC1(CO)CC(O)CCO1. The van der Waals surface area contributed by atoms with Crippen molar-refractivity contribution in [3.63, 3.8) is 0 Å². The van der Waals surface area contributed by atoms with Crippen LogP contribution in [0.15, 0.2) is 0 Å². The molecule has 1 atom stereocenters. The van der Waals surface area contributed by atoms with E-state index < -0.39 is 11.7 Å². The molecule has 0 aromatic carbocycles. The lowest BCUT2D eigenvalue weighted by atomic mass is 9.94. The summed E-state index contributed by atoms with van der Waals surface area (Å²) in [5.74, 6) is 0. The highest BCUT2D eigenvalue weighted by Gasteiger charge is 2.35. The third-order valence-corrected chi connectivity index (χ3v) is 2.04. The van der Waals surface area contributed by atoms with Gasteiger partial charge >= 0.3 is 0 Å². The third-order valence-electron chi connectivity index (χ3n) is 2.04. The second kappa shape index (κ2) is 3.49. The maximum absolute atomic E-state index is 9.20. The lowest BCUT2D eigenvalue weighted by Crippen LogP contribution is -2.47.